The Labute approximate surface area is 234 Å². The zero-order valence-corrected chi connectivity index (χ0v) is 23.0. The minimum absolute atomic E-state index is 0.135. The molecule has 4 aromatic rings. The molecule has 1 unspecified atom stereocenters. The lowest BCUT2D eigenvalue weighted by atomic mass is 10.0. The molecule has 0 saturated carbocycles. The fourth-order valence-electron chi connectivity index (χ4n) is 4.73. The molecule has 0 aliphatic carbocycles. The molecule has 2 N–H and O–H groups in total. The molecule has 8 heteroatoms. The number of nitrogens with one attached hydrogen (secondary N) is 2. The molecule has 1 saturated heterocycles. The number of benzene rings is 3. The number of carbonyl (C=O) groups is 2. The number of anilines is 1. The number of hydrogen-bond acceptors (Lipinski definition) is 5. The van der Waals surface area contributed by atoms with Crippen LogP contribution in [0, 0.1) is 0 Å². The highest BCUT2D eigenvalue weighted by molar-refractivity contribution is 5.85. The van der Waals surface area contributed by atoms with E-state index in [0.717, 1.165) is 46.6 Å². The van der Waals surface area contributed by atoms with E-state index in [2.05, 4.69) is 27.4 Å². The van der Waals surface area contributed by atoms with Crippen LogP contribution in [0.15, 0.2) is 85.1 Å². The van der Waals surface area contributed by atoms with Gasteiger partial charge >= 0.3 is 12.2 Å². The van der Waals surface area contributed by atoms with Gasteiger partial charge in [-0.1, -0.05) is 66.7 Å². The Morgan fingerprint density at radius 1 is 0.950 bits per heavy atom. The highest BCUT2D eigenvalue weighted by atomic mass is 16.6. The Morgan fingerprint density at radius 2 is 1.60 bits per heavy atom. The van der Waals surface area contributed by atoms with E-state index in [0.29, 0.717) is 12.2 Å². The number of amides is 2. The number of aromatic nitrogens is 2. The van der Waals surface area contributed by atoms with Gasteiger partial charge in [-0.2, -0.15) is 0 Å². The smallest absolute Gasteiger partial charge is 0.412 e. The van der Waals surface area contributed by atoms with Crippen molar-refractivity contribution < 1.29 is 19.1 Å². The molecule has 8 nitrogen and oxygen atoms in total. The molecule has 0 bridgehead atoms. The van der Waals surface area contributed by atoms with Crippen molar-refractivity contribution >= 4 is 17.9 Å². The van der Waals surface area contributed by atoms with Crippen LogP contribution in [0.1, 0.15) is 51.0 Å². The minimum Gasteiger partial charge on any atom is -0.445 e. The molecule has 0 radical (unpaired) electrons. The summed E-state index contributed by atoms with van der Waals surface area (Å²) in [5.41, 5.74) is 5.06. The lowest BCUT2D eigenvalue weighted by Crippen LogP contribution is -2.31. The molecule has 5 rings (SSSR count). The number of aromatic amines is 1. The first-order chi connectivity index (χ1) is 19.2. The molecule has 0 spiro atoms. The highest BCUT2D eigenvalue weighted by Crippen LogP contribution is 2.33. The van der Waals surface area contributed by atoms with Gasteiger partial charge in [-0.3, -0.25) is 10.2 Å². The van der Waals surface area contributed by atoms with E-state index >= 15 is 0 Å². The van der Waals surface area contributed by atoms with E-state index in [1.807, 2.05) is 93.7 Å². The van der Waals surface area contributed by atoms with Crippen LogP contribution in [0.4, 0.5) is 15.3 Å². The van der Waals surface area contributed by atoms with E-state index in [4.69, 9.17) is 9.47 Å². The zero-order valence-electron chi connectivity index (χ0n) is 23.0. The summed E-state index contributed by atoms with van der Waals surface area (Å²) in [7, 11) is 0. The summed E-state index contributed by atoms with van der Waals surface area (Å²) in [5, 5.41) is 2.75. The van der Waals surface area contributed by atoms with Gasteiger partial charge in [0.25, 0.3) is 0 Å². The summed E-state index contributed by atoms with van der Waals surface area (Å²) in [6.07, 6.45) is 2.76. The molecule has 2 amide bonds. The van der Waals surface area contributed by atoms with Crippen molar-refractivity contribution in [1.82, 2.24) is 14.9 Å². The number of rotatable bonds is 6. The van der Waals surface area contributed by atoms with Gasteiger partial charge in [0.15, 0.2) is 0 Å². The van der Waals surface area contributed by atoms with Crippen molar-refractivity contribution in [3.63, 3.8) is 0 Å². The highest BCUT2D eigenvalue weighted by Gasteiger charge is 2.33. The monoisotopic (exact) mass is 538 g/mol. The van der Waals surface area contributed by atoms with E-state index in [9.17, 15) is 9.59 Å². The van der Waals surface area contributed by atoms with Crippen LogP contribution in [0.3, 0.4) is 0 Å². The van der Waals surface area contributed by atoms with E-state index in [-0.39, 0.29) is 18.7 Å². The van der Waals surface area contributed by atoms with Gasteiger partial charge in [0.1, 0.15) is 18.0 Å². The molecule has 206 valence electrons. The third-order valence-electron chi connectivity index (χ3n) is 6.66. The standard InChI is InChI=1S/C32H34N4O4/c1-32(2,3)40-30(37)34-26-17-15-24(16-18-26)23-11-13-25(14-12-23)27-20-33-29(35-27)28-10-7-19-36(28)31(38)39-21-22-8-5-4-6-9-22/h4-6,8-9,11-18,20,28H,7,10,19,21H2,1-3H3,(H,33,35)(H,34,37). The van der Waals surface area contributed by atoms with Crippen LogP contribution >= 0.6 is 0 Å². The maximum atomic E-state index is 12.8. The number of nitrogens with zero attached hydrogens (tertiary/aromatic N) is 2. The molecular formula is C32H34N4O4. The summed E-state index contributed by atoms with van der Waals surface area (Å²) in [6, 6.07) is 25.4. The summed E-state index contributed by atoms with van der Waals surface area (Å²) < 4.78 is 10.9. The molecule has 40 heavy (non-hydrogen) atoms. The van der Waals surface area contributed by atoms with Gasteiger partial charge in [0.05, 0.1) is 17.9 Å². The number of ether oxygens (including phenoxy) is 2. The second kappa shape index (κ2) is 11.7. The average Bonchev–Trinajstić information content (AvgIpc) is 3.62. The van der Waals surface area contributed by atoms with E-state index in [1.165, 1.54) is 0 Å². The lowest BCUT2D eigenvalue weighted by Gasteiger charge is -2.22. The predicted octanol–water partition coefficient (Wildman–Crippen LogP) is 7.56. The van der Waals surface area contributed by atoms with Gasteiger partial charge in [0.2, 0.25) is 0 Å². The Kier molecular flexibility index (Phi) is 7.86. The number of likely N-dealkylation sites (tertiary alicyclic amines) is 1. The Balaban J connectivity index is 1.21. The molecular weight excluding hydrogens is 504 g/mol. The first kappa shape index (κ1) is 27.0. The minimum atomic E-state index is -0.550. The molecule has 1 fully saturated rings. The average molecular weight is 539 g/mol. The number of imidazole rings is 1. The maximum absolute atomic E-state index is 12.8. The zero-order chi connectivity index (χ0) is 28.1. The Hall–Kier alpha value is -4.59. The molecule has 1 aliphatic heterocycles. The Morgan fingerprint density at radius 3 is 2.27 bits per heavy atom. The van der Waals surface area contributed by atoms with Crippen LogP contribution in [0.25, 0.3) is 22.4 Å². The maximum Gasteiger partial charge on any atom is 0.412 e. The van der Waals surface area contributed by atoms with Crippen molar-refractivity contribution in [1.29, 1.82) is 0 Å². The summed E-state index contributed by atoms with van der Waals surface area (Å²) >= 11 is 0. The lowest BCUT2D eigenvalue weighted by molar-refractivity contribution is 0.0635. The van der Waals surface area contributed by atoms with Crippen LogP contribution in [0.2, 0.25) is 0 Å². The van der Waals surface area contributed by atoms with Gasteiger partial charge in [-0.15, -0.1) is 0 Å². The quantitative estimate of drug-likeness (QED) is 0.264. The summed E-state index contributed by atoms with van der Waals surface area (Å²) in [5.74, 6) is 0.765. The van der Waals surface area contributed by atoms with Crippen LogP contribution in [0.5, 0.6) is 0 Å². The second-order valence-electron chi connectivity index (χ2n) is 10.9. The van der Waals surface area contributed by atoms with Crippen molar-refractivity contribution in [2.24, 2.45) is 0 Å². The number of hydrogen-bond donors (Lipinski definition) is 2. The normalized spacial score (nSPS) is 15.1. The topological polar surface area (TPSA) is 96.6 Å². The van der Waals surface area contributed by atoms with Crippen molar-refractivity contribution in [2.45, 2.75) is 51.9 Å². The molecule has 3 aromatic carbocycles. The van der Waals surface area contributed by atoms with Crippen LogP contribution in [-0.4, -0.2) is 39.2 Å². The van der Waals surface area contributed by atoms with Crippen LogP contribution in [-0.2, 0) is 16.1 Å². The summed E-state index contributed by atoms with van der Waals surface area (Å²) in [4.78, 5) is 34.6. The predicted molar refractivity (Wildman–Crippen MR) is 155 cm³/mol. The van der Waals surface area contributed by atoms with Gasteiger partial charge in [-0.05, 0) is 68.0 Å². The fraction of sp³-hybridized carbons (Fsp3) is 0.281. The second-order valence-corrected chi connectivity index (χ2v) is 10.9. The third kappa shape index (κ3) is 6.69. The SMILES string of the molecule is CC(C)(C)OC(=O)Nc1ccc(-c2ccc(-c3cnc(C4CCCN4C(=O)OCc4ccccc4)[nH]3)cc2)cc1. The number of carbonyl (C=O) groups excluding carboxylic acids is 2. The van der Waals surface area contributed by atoms with Gasteiger partial charge in [0, 0.05) is 12.2 Å². The van der Waals surface area contributed by atoms with Crippen molar-refractivity contribution in [2.75, 3.05) is 11.9 Å². The van der Waals surface area contributed by atoms with Crippen molar-refractivity contribution in [3.8, 4) is 22.4 Å². The molecule has 1 aliphatic rings. The number of H-pyrrole nitrogens is 1. The molecule has 1 aromatic heterocycles. The van der Waals surface area contributed by atoms with E-state index in [1.54, 1.807) is 4.90 Å². The van der Waals surface area contributed by atoms with Gasteiger partial charge < -0.3 is 14.5 Å². The van der Waals surface area contributed by atoms with Crippen LogP contribution < -0.4 is 5.32 Å². The van der Waals surface area contributed by atoms with Gasteiger partial charge in [-0.25, -0.2) is 14.6 Å². The Bertz CT molecular complexity index is 1440. The van der Waals surface area contributed by atoms with E-state index < -0.39 is 11.7 Å². The molecule has 2 heterocycles. The van der Waals surface area contributed by atoms with Crippen molar-refractivity contribution in [3.05, 3.63) is 96.4 Å². The third-order valence-corrected chi connectivity index (χ3v) is 6.66. The largest absolute Gasteiger partial charge is 0.445 e. The molecule has 1 atom stereocenters. The first-order valence-electron chi connectivity index (χ1n) is 13.5. The first-order valence-corrected chi connectivity index (χ1v) is 13.5. The fourth-order valence-corrected chi connectivity index (χ4v) is 4.73. The summed E-state index contributed by atoms with van der Waals surface area (Å²) in [6.45, 7) is 6.39.